The Bertz CT molecular complexity index is 639. The summed E-state index contributed by atoms with van der Waals surface area (Å²) in [6.07, 6.45) is 0.742. The van der Waals surface area contributed by atoms with E-state index in [1.165, 1.54) is 0 Å². The van der Waals surface area contributed by atoms with Gasteiger partial charge >= 0.3 is 0 Å². The molecule has 128 valence electrons. The summed E-state index contributed by atoms with van der Waals surface area (Å²) in [7, 11) is 1.66. The largest absolute Gasteiger partial charge is 0.484 e. The van der Waals surface area contributed by atoms with Crippen molar-refractivity contribution >= 4 is 17.5 Å². The van der Waals surface area contributed by atoms with Crippen LogP contribution in [0.3, 0.4) is 0 Å². The van der Waals surface area contributed by atoms with E-state index in [0.717, 1.165) is 12.0 Å². The van der Waals surface area contributed by atoms with E-state index in [-0.39, 0.29) is 12.5 Å². The zero-order valence-corrected chi connectivity index (χ0v) is 14.7. The molecule has 24 heavy (non-hydrogen) atoms. The predicted molar refractivity (Wildman–Crippen MR) is 95.4 cm³/mol. The van der Waals surface area contributed by atoms with Crippen molar-refractivity contribution in [2.24, 2.45) is 0 Å². The Hall–Kier alpha value is -2.04. The van der Waals surface area contributed by atoms with Crippen molar-refractivity contribution in [1.29, 1.82) is 0 Å². The smallest absolute Gasteiger partial charge is 0.258 e. The second-order valence-electron chi connectivity index (χ2n) is 5.44. The van der Waals surface area contributed by atoms with Crippen molar-refractivity contribution in [3.63, 3.8) is 0 Å². The average Bonchev–Trinajstić information content (AvgIpc) is 2.63. The fraction of sp³-hybridized carbons (Fsp3) is 0.316. The van der Waals surface area contributed by atoms with Crippen molar-refractivity contribution in [1.82, 2.24) is 5.32 Å². The van der Waals surface area contributed by atoms with Crippen molar-refractivity contribution in [2.45, 2.75) is 18.9 Å². The van der Waals surface area contributed by atoms with Gasteiger partial charge in [0.15, 0.2) is 6.61 Å². The first kappa shape index (κ1) is 18.3. The Morgan fingerprint density at radius 2 is 1.79 bits per heavy atom. The van der Waals surface area contributed by atoms with Crippen LogP contribution in [0.25, 0.3) is 0 Å². The highest BCUT2D eigenvalue weighted by molar-refractivity contribution is 6.30. The number of amides is 1. The zero-order chi connectivity index (χ0) is 17.4. The monoisotopic (exact) mass is 347 g/mol. The molecule has 0 aliphatic heterocycles. The number of nitrogens with one attached hydrogen (secondary N) is 1. The van der Waals surface area contributed by atoms with E-state index in [0.29, 0.717) is 17.3 Å². The van der Waals surface area contributed by atoms with Crippen molar-refractivity contribution in [3.05, 3.63) is 65.2 Å². The highest BCUT2D eigenvalue weighted by atomic mass is 35.5. The summed E-state index contributed by atoms with van der Waals surface area (Å²) in [4.78, 5) is 12.1. The van der Waals surface area contributed by atoms with Gasteiger partial charge < -0.3 is 14.8 Å². The first-order chi connectivity index (χ1) is 11.6. The van der Waals surface area contributed by atoms with Crippen LogP contribution in [-0.4, -0.2) is 26.2 Å². The third kappa shape index (κ3) is 4.73. The van der Waals surface area contributed by atoms with Gasteiger partial charge in [-0.15, -0.1) is 0 Å². The van der Waals surface area contributed by atoms with Gasteiger partial charge in [-0.2, -0.15) is 0 Å². The molecule has 0 saturated heterocycles. The quantitative estimate of drug-likeness (QED) is 0.790. The molecule has 0 aromatic heterocycles. The average molecular weight is 348 g/mol. The molecule has 0 radical (unpaired) electrons. The second-order valence-corrected chi connectivity index (χ2v) is 5.87. The molecule has 0 fully saturated rings. The van der Waals surface area contributed by atoms with E-state index >= 15 is 0 Å². The zero-order valence-electron chi connectivity index (χ0n) is 13.9. The van der Waals surface area contributed by atoms with E-state index in [9.17, 15) is 4.79 Å². The topological polar surface area (TPSA) is 47.6 Å². The minimum absolute atomic E-state index is 0.0556. The Labute approximate surface area is 147 Å². The molecule has 0 bridgehead atoms. The van der Waals surface area contributed by atoms with Crippen molar-refractivity contribution in [3.8, 4) is 5.75 Å². The van der Waals surface area contributed by atoms with Crippen molar-refractivity contribution < 1.29 is 14.3 Å². The third-order valence-corrected chi connectivity index (χ3v) is 4.27. The third-order valence-electron chi connectivity index (χ3n) is 4.02. The SMILES string of the molecule is CC[C@@](CNC(=O)COc1ccc(Cl)cc1)(OC)c1ccccc1. The van der Waals surface area contributed by atoms with Gasteiger partial charge in [0.2, 0.25) is 0 Å². The molecule has 0 unspecified atom stereocenters. The van der Waals surface area contributed by atoms with E-state index in [2.05, 4.69) is 5.32 Å². The molecular formula is C19H22ClNO3. The minimum atomic E-state index is -0.544. The molecule has 2 aromatic rings. The molecule has 1 N–H and O–H groups in total. The summed E-state index contributed by atoms with van der Waals surface area (Å²) in [6.45, 7) is 2.36. The lowest BCUT2D eigenvalue weighted by Gasteiger charge is -2.32. The number of benzene rings is 2. The Balaban J connectivity index is 1.92. The number of carbonyl (C=O) groups excluding carboxylic acids is 1. The number of hydrogen-bond donors (Lipinski definition) is 1. The fourth-order valence-corrected chi connectivity index (χ4v) is 2.61. The fourth-order valence-electron chi connectivity index (χ4n) is 2.48. The van der Waals surface area contributed by atoms with Gasteiger partial charge in [-0.3, -0.25) is 4.79 Å². The number of ether oxygens (including phenoxy) is 2. The number of rotatable bonds is 8. The summed E-state index contributed by atoms with van der Waals surface area (Å²) in [5.41, 5.74) is 0.492. The lowest BCUT2D eigenvalue weighted by molar-refractivity contribution is -0.125. The maximum atomic E-state index is 12.1. The summed E-state index contributed by atoms with van der Waals surface area (Å²) in [5, 5.41) is 3.52. The minimum Gasteiger partial charge on any atom is -0.484 e. The molecule has 5 heteroatoms. The van der Waals surface area contributed by atoms with Crippen LogP contribution in [0.2, 0.25) is 5.02 Å². The van der Waals surface area contributed by atoms with E-state index in [1.54, 1.807) is 31.4 Å². The van der Waals surface area contributed by atoms with Crippen LogP contribution in [0.15, 0.2) is 54.6 Å². The maximum Gasteiger partial charge on any atom is 0.258 e. The van der Waals surface area contributed by atoms with Gasteiger partial charge in [-0.25, -0.2) is 0 Å². The van der Waals surface area contributed by atoms with Crippen LogP contribution < -0.4 is 10.1 Å². The number of carbonyl (C=O) groups is 1. The number of halogens is 1. The lowest BCUT2D eigenvalue weighted by Crippen LogP contribution is -2.43. The first-order valence-electron chi connectivity index (χ1n) is 7.85. The summed E-state index contributed by atoms with van der Waals surface area (Å²) in [5.74, 6) is 0.405. The van der Waals surface area contributed by atoms with Gasteiger partial charge in [0.05, 0.1) is 6.54 Å². The number of hydrogen-bond acceptors (Lipinski definition) is 3. The van der Waals surface area contributed by atoms with Gasteiger partial charge in [-0.1, -0.05) is 48.9 Å². The molecule has 0 aliphatic carbocycles. The molecule has 0 saturated carbocycles. The number of methoxy groups -OCH3 is 1. The summed E-state index contributed by atoms with van der Waals surface area (Å²) in [6, 6.07) is 16.8. The predicted octanol–water partition coefficient (Wildman–Crippen LogP) is 3.79. The van der Waals surface area contributed by atoms with E-state index < -0.39 is 5.60 Å². The Kier molecular flexibility index (Phi) is 6.64. The molecule has 0 aliphatic rings. The first-order valence-corrected chi connectivity index (χ1v) is 8.23. The molecule has 0 heterocycles. The van der Waals surface area contributed by atoms with Crippen LogP contribution in [0, 0.1) is 0 Å². The molecule has 0 spiro atoms. The van der Waals surface area contributed by atoms with Gasteiger partial charge in [0.25, 0.3) is 5.91 Å². The normalized spacial score (nSPS) is 13.1. The van der Waals surface area contributed by atoms with Crippen molar-refractivity contribution in [2.75, 3.05) is 20.3 Å². The van der Waals surface area contributed by atoms with Crippen LogP contribution in [0.4, 0.5) is 0 Å². The van der Waals surface area contributed by atoms with Crippen LogP contribution in [0.5, 0.6) is 5.75 Å². The highest BCUT2D eigenvalue weighted by Gasteiger charge is 2.30. The second kappa shape index (κ2) is 8.71. The molecule has 4 nitrogen and oxygen atoms in total. The Morgan fingerprint density at radius 3 is 2.38 bits per heavy atom. The van der Waals surface area contributed by atoms with Crippen LogP contribution in [-0.2, 0) is 15.1 Å². The van der Waals surface area contributed by atoms with Gasteiger partial charge in [0, 0.05) is 12.1 Å². The molecule has 1 atom stereocenters. The standard InChI is InChI=1S/C19H22ClNO3/c1-3-19(23-2,15-7-5-4-6-8-15)14-21-18(22)13-24-17-11-9-16(20)10-12-17/h4-12H,3,13-14H2,1-2H3,(H,21,22)/t19-/m0/s1. The molecule has 2 rings (SSSR count). The van der Waals surface area contributed by atoms with E-state index in [4.69, 9.17) is 21.1 Å². The molecular weight excluding hydrogens is 326 g/mol. The summed E-state index contributed by atoms with van der Waals surface area (Å²) < 4.78 is 11.2. The van der Waals surface area contributed by atoms with Crippen LogP contribution >= 0.6 is 11.6 Å². The lowest BCUT2D eigenvalue weighted by atomic mass is 9.90. The van der Waals surface area contributed by atoms with Gasteiger partial charge in [0.1, 0.15) is 11.4 Å². The van der Waals surface area contributed by atoms with E-state index in [1.807, 2.05) is 37.3 Å². The molecule has 1 amide bonds. The highest BCUT2D eigenvalue weighted by Crippen LogP contribution is 2.28. The van der Waals surface area contributed by atoms with Gasteiger partial charge in [-0.05, 0) is 36.2 Å². The molecule has 2 aromatic carbocycles. The summed E-state index contributed by atoms with van der Waals surface area (Å²) >= 11 is 5.82. The van der Waals surface area contributed by atoms with Crippen LogP contribution in [0.1, 0.15) is 18.9 Å². The Morgan fingerprint density at radius 1 is 1.12 bits per heavy atom. The maximum absolute atomic E-state index is 12.1.